The van der Waals surface area contributed by atoms with Gasteiger partial charge in [0.15, 0.2) is 0 Å². The molecule has 166 valence electrons. The third-order valence-corrected chi connectivity index (χ3v) is 6.47. The highest BCUT2D eigenvalue weighted by Crippen LogP contribution is 2.30. The number of methoxy groups -OCH3 is 1. The van der Waals surface area contributed by atoms with Crippen LogP contribution in [0.15, 0.2) is 48.5 Å². The third-order valence-electron chi connectivity index (χ3n) is 5.38. The minimum Gasteiger partial charge on any atom is -0.497 e. The number of benzene rings is 2. The van der Waals surface area contributed by atoms with Crippen LogP contribution in [0.3, 0.4) is 0 Å². The Morgan fingerprint density at radius 2 is 1.78 bits per heavy atom. The Morgan fingerprint density at radius 1 is 1.03 bits per heavy atom. The molecule has 9 heteroatoms. The molecule has 2 heterocycles. The second kappa shape index (κ2) is 9.78. The number of likely N-dealkylation sites (tertiary alicyclic amines) is 1. The summed E-state index contributed by atoms with van der Waals surface area (Å²) >= 11 is 1.31. The largest absolute Gasteiger partial charge is 0.497 e. The monoisotopic (exact) mass is 451 g/mol. The van der Waals surface area contributed by atoms with Crippen LogP contribution in [0.2, 0.25) is 0 Å². The van der Waals surface area contributed by atoms with Gasteiger partial charge in [0.25, 0.3) is 5.91 Å². The number of nitrogens with one attached hydrogen (secondary N) is 2. The van der Waals surface area contributed by atoms with Crippen molar-refractivity contribution in [3.8, 4) is 5.75 Å². The number of piperidine rings is 1. The second-order valence-electron chi connectivity index (χ2n) is 7.69. The maximum atomic E-state index is 12.6. The van der Waals surface area contributed by atoms with Gasteiger partial charge in [-0.05, 0) is 61.7 Å². The van der Waals surface area contributed by atoms with Gasteiger partial charge in [0.2, 0.25) is 5.01 Å². The minimum atomic E-state index is -0.283. The van der Waals surface area contributed by atoms with Gasteiger partial charge in [0.1, 0.15) is 10.8 Å². The Balaban J connectivity index is 1.30. The first-order chi connectivity index (χ1) is 15.5. The van der Waals surface area contributed by atoms with Gasteiger partial charge < -0.3 is 20.3 Å². The number of carbonyl (C=O) groups is 2. The number of hydrogen-bond donors (Lipinski definition) is 2. The lowest BCUT2D eigenvalue weighted by atomic mass is 9.98. The van der Waals surface area contributed by atoms with E-state index in [9.17, 15) is 9.59 Å². The maximum absolute atomic E-state index is 12.6. The Labute approximate surface area is 190 Å². The topological polar surface area (TPSA) is 96.4 Å². The highest BCUT2D eigenvalue weighted by Gasteiger charge is 2.27. The van der Waals surface area contributed by atoms with Gasteiger partial charge in [-0.1, -0.05) is 23.5 Å². The van der Waals surface area contributed by atoms with Gasteiger partial charge in [-0.3, -0.25) is 4.79 Å². The van der Waals surface area contributed by atoms with E-state index in [1.165, 1.54) is 11.3 Å². The van der Waals surface area contributed by atoms with E-state index in [1.807, 2.05) is 36.1 Å². The summed E-state index contributed by atoms with van der Waals surface area (Å²) < 4.78 is 5.12. The second-order valence-corrected chi connectivity index (χ2v) is 8.70. The fourth-order valence-electron chi connectivity index (χ4n) is 3.61. The predicted molar refractivity (Wildman–Crippen MR) is 125 cm³/mol. The number of anilines is 2. The van der Waals surface area contributed by atoms with E-state index in [0.717, 1.165) is 34.8 Å². The smallest absolute Gasteiger partial charge is 0.321 e. The Morgan fingerprint density at radius 3 is 2.47 bits per heavy atom. The molecular formula is C23H25N5O3S. The lowest BCUT2D eigenvalue weighted by Crippen LogP contribution is -2.40. The lowest BCUT2D eigenvalue weighted by molar-refractivity contribution is 0.102. The zero-order valence-corrected chi connectivity index (χ0v) is 18.8. The highest BCUT2D eigenvalue weighted by molar-refractivity contribution is 7.13. The lowest BCUT2D eigenvalue weighted by Gasteiger charge is -2.31. The molecule has 0 bridgehead atoms. The molecule has 3 amide bonds. The molecule has 0 aliphatic carbocycles. The number of ether oxygens (including phenoxy) is 1. The molecule has 1 aromatic heterocycles. The van der Waals surface area contributed by atoms with Crippen molar-refractivity contribution in [2.45, 2.75) is 25.7 Å². The first kappa shape index (κ1) is 21.8. The van der Waals surface area contributed by atoms with Crippen molar-refractivity contribution >= 4 is 34.6 Å². The van der Waals surface area contributed by atoms with Crippen LogP contribution < -0.4 is 15.4 Å². The highest BCUT2D eigenvalue weighted by atomic mass is 32.1. The number of aromatic nitrogens is 2. The average Bonchev–Trinajstić information content (AvgIpc) is 3.30. The molecule has 1 fully saturated rings. The molecule has 2 aromatic carbocycles. The van der Waals surface area contributed by atoms with Crippen LogP contribution in [0.1, 0.15) is 39.1 Å². The zero-order valence-electron chi connectivity index (χ0n) is 18.0. The quantitative estimate of drug-likeness (QED) is 0.595. The van der Waals surface area contributed by atoms with E-state index in [-0.39, 0.29) is 17.9 Å². The van der Waals surface area contributed by atoms with Gasteiger partial charge in [0.05, 0.1) is 7.11 Å². The number of urea groups is 1. The molecule has 0 spiro atoms. The molecule has 4 rings (SSSR count). The first-order valence-corrected chi connectivity index (χ1v) is 11.2. The van der Waals surface area contributed by atoms with Crippen molar-refractivity contribution < 1.29 is 14.3 Å². The molecule has 3 aromatic rings. The number of nitrogens with zero attached hydrogens (tertiary/aromatic N) is 3. The molecule has 0 atom stereocenters. The molecule has 0 radical (unpaired) electrons. The molecule has 1 saturated heterocycles. The first-order valence-electron chi connectivity index (χ1n) is 10.4. The maximum Gasteiger partial charge on any atom is 0.321 e. The van der Waals surface area contributed by atoms with Gasteiger partial charge in [-0.15, -0.1) is 10.2 Å². The van der Waals surface area contributed by atoms with Crippen molar-refractivity contribution in [3.05, 3.63) is 64.1 Å². The van der Waals surface area contributed by atoms with Crippen molar-refractivity contribution in [1.82, 2.24) is 15.1 Å². The van der Waals surface area contributed by atoms with Crippen LogP contribution in [0.5, 0.6) is 5.75 Å². The Kier molecular flexibility index (Phi) is 6.65. The fraction of sp³-hybridized carbons (Fsp3) is 0.304. The molecular weight excluding hydrogens is 426 g/mol. The molecule has 0 unspecified atom stereocenters. The summed E-state index contributed by atoms with van der Waals surface area (Å²) in [4.78, 5) is 26.9. The van der Waals surface area contributed by atoms with Crippen molar-refractivity contribution in [2.75, 3.05) is 30.8 Å². The van der Waals surface area contributed by atoms with Crippen molar-refractivity contribution in [3.63, 3.8) is 0 Å². The Bertz CT molecular complexity index is 1090. The summed E-state index contributed by atoms with van der Waals surface area (Å²) in [5, 5.41) is 15.3. The third kappa shape index (κ3) is 5.23. The van der Waals surface area contributed by atoms with Crippen LogP contribution in [0.25, 0.3) is 0 Å². The number of aryl methyl sites for hydroxylation is 1. The molecule has 1 aliphatic heterocycles. The fourth-order valence-corrected chi connectivity index (χ4v) is 4.51. The summed E-state index contributed by atoms with van der Waals surface area (Å²) in [5.74, 6) is 0.632. The summed E-state index contributed by atoms with van der Waals surface area (Å²) in [7, 11) is 1.59. The number of carbonyl (C=O) groups excluding carboxylic acids is 2. The molecule has 8 nitrogen and oxygen atoms in total. The summed E-state index contributed by atoms with van der Waals surface area (Å²) in [6, 6.07) is 14.8. The summed E-state index contributed by atoms with van der Waals surface area (Å²) in [6.45, 7) is 3.26. The molecule has 1 aliphatic rings. The molecule has 2 N–H and O–H groups in total. The summed E-state index contributed by atoms with van der Waals surface area (Å²) in [5.41, 5.74) is 2.57. The minimum absolute atomic E-state index is 0.0918. The number of amides is 3. The van der Waals surface area contributed by atoms with E-state index in [0.29, 0.717) is 23.8 Å². The van der Waals surface area contributed by atoms with Crippen LogP contribution in [0, 0.1) is 6.92 Å². The number of hydrogen-bond acceptors (Lipinski definition) is 6. The normalized spacial score (nSPS) is 14.1. The average molecular weight is 452 g/mol. The van der Waals surface area contributed by atoms with Crippen LogP contribution in [-0.2, 0) is 0 Å². The van der Waals surface area contributed by atoms with Crippen LogP contribution >= 0.6 is 11.3 Å². The Hall–Kier alpha value is -3.46. The van der Waals surface area contributed by atoms with Crippen molar-refractivity contribution in [2.24, 2.45) is 0 Å². The van der Waals surface area contributed by atoms with Gasteiger partial charge in [-0.2, -0.15) is 0 Å². The van der Waals surface area contributed by atoms with E-state index in [1.54, 1.807) is 31.4 Å². The van der Waals surface area contributed by atoms with E-state index in [2.05, 4.69) is 20.8 Å². The van der Waals surface area contributed by atoms with E-state index < -0.39 is 0 Å². The predicted octanol–water partition coefficient (Wildman–Crippen LogP) is 4.52. The van der Waals surface area contributed by atoms with Gasteiger partial charge in [0, 0.05) is 30.4 Å². The van der Waals surface area contributed by atoms with Crippen LogP contribution in [-0.4, -0.2) is 47.2 Å². The standard InChI is InChI=1S/C23H25N5O3S/c1-15-4-3-5-18(14-15)25-23(30)28-12-10-16(11-13-28)21-26-27-22(32-21)20(29)24-17-6-8-19(31-2)9-7-17/h3-9,14,16H,10-13H2,1-2H3,(H,24,29)(H,25,30). The molecule has 0 saturated carbocycles. The number of rotatable bonds is 5. The molecule has 32 heavy (non-hydrogen) atoms. The zero-order chi connectivity index (χ0) is 22.5. The summed E-state index contributed by atoms with van der Waals surface area (Å²) in [6.07, 6.45) is 1.58. The van der Waals surface area contributed by atoms with Gasteiger partial charge in [-0.25, -0.2) is 4.79 Å². The van der Waals surface area contributed by atoms with Crippen molar-refractivity contribution in [1.29, 1.82) is 0 Å². The van der Waals surface area contributed by atoms with Gasteiger partial charge >= 0.3 is 6.03 Å². The van der Waals surface area contributed by atoms with Crippen LogP contribution in [0.4, 0.5) is 16.2 Å². The van der Waals surface area contributed by atoms with E-state index >= 15 is 0 Å². The SMILES string of the molecule is COc1ccc(NC(=O)c2nnc(C3CCN(C(=O)Nc4cccc(C)c4)CC3)s2)cc1. The van der Waals surface area contributed by atoms with E-state index in [4.69, 9.17) is 4.74 Å².